The fraction of sp³-hybridized carbons (Fsp3) is 0.650. The molecular weight excluding hydrogens is 314 g/mol. The van der Waals surface area contributed by atoms with Crippen LogP contribution in [0.4, 0.5) is 0 Å². The Labute approximate surface area is 152 Å². The van der Waals surface area contributed by atoms with Crippen LogP contribution in [0.25, 0.3) is 0 Å². The van der Waals surface area contributed by atoms with Crippen LogP contribution in [0.2, 0.25) is 0 Å². The fourth-order valence-electron chi connectivity index (χ4n) is 3.28. The van der Waals surface area contributed by atoms with Gasteiger partial charge in [-0.1, -0.05) is 33.8 Å². The highest BCUT2D eigenvalue weighted by Gasteiger charge is 2.31. The van der Waals surface area contributed by atoms with E-state index >= 15 is 0 Å². The van der Waals surface area contributed by atoms with Crippen LogP contribution in [-0.2, 0) is 5.41 Å². The Hall–Kier alpha value is -1.91. The Morgan fingerprint density at radius 1 is 1.24 bits per heavy atom. The summed E-state index contributed by atoms with van der Waals surface area (Å²) in [4.78, 5) is 6.83. The largest absolute Gasteiger partial charge is 0.493 e. The van der Waals surface area contributed by atoms with Crippen LogP contribution < -0.4 is 14.8 Å². The van der Waals surface area contributed by atoms with Crippen molar-refractivity contribution in [3.8, 4) is 11.5 Å². The van der Waals surface area contributed by atoms with E-state index in [-0.39, 0.29) is 5.41 Å². The molecule has 1 aromatic carbocycles. The number of nitrogens with zero attached hydrogens (tertiary/aromatic N) is 2. The van der Waals surface area contributed by atoms with Crippen LogP contribution in [0, 0.1) is 5.41 Å². The van der Waals surface area contributed by atoms with Gasteiger partial charge in [-0.15, -0.1) is 0 Å². The van der Waals surface area contributed by atoms with Gasteiger partial charge in [0.2, 0.25) is 0 Å². The van der Waals surface area contributed by atoms with Crippen molar-refractivity contribution in [2.45, 2.75) is 39.5 Å². The monoisotopic (exact) mass is 347 g/mol. The van der Waals surface area contributed by atoms with E-state index in [0.717, 1.165) is 37.1 Å². The molecule has 0 saturated carbocycles. The summed E-state index contributed by atoms with van der Waals surface area (Å²) in [7, 11) is 5.19. The molecule has 25 heavy (non-hydrogen) atoms. The molecule has 5 nitrogen and oxygen atoms in total. The molecule has 1 heterocycles. The number of benzene rings is 1. The van der Waals surface area contributed by atoms with Crippen molar-refractivity contribution in [2.75, 3.05) is 40.9 Å². The third-order valence-corrected chi connectivity index (χ3v) is 5.04. The molecule has 2 rings (SSSR count). The van der Waals surface area contributed by atoms with Gasteiger partial charge in [0.15, 0.2) is 17.5 Å². The van der Waals surface area contributed by atoms with Gasteiger partial charge in [-0.25, -0.2) is 0 Å². The van der Waals surface area contributed by atoms with Gasteiger partial charge in [-0.05, 0) is 29.5 Å². The lowest BCUT2D eigenvalue weighted by Gasteiger charge is -2.30. The van der Waals surface area contributed by atoms with Gasteiger partial charge in [0.25, 0.3) is 0 Å². The molecule has 0 unspecified atom stereocenters. The zero-order chi connectivity index (χ0) is 18.7. The lowest BCUT2D eigenvalue weighted by Crippen LogP contribution is -2.45. The van der Waals surface area contributed by atoms with E-state index in [1.54, 1.807) is 14.2 Å². The number of aliphatic imine (C=N–C) groups is 1. The van der Waals surface area contributed by atoms with Crippen molar-refractivity contribution in [1.82, 2.24) is 10.2 Å². The Morgan fingerprint density at radius 2 is 1.92 bits per heavy atom. The fourth-order valence-corrected chi connectivity index (χ4v) is 3.28. The van der Waals surface area contributed by atoms with E-state index in [1.165, 1.54) is 12.0 Å². The minimum absolute atomic E-state index is 0.0647. The van der Waals surface area contributed by atoms with Crippen molar-refractivity contribution in [3.05, 3.63) is 23.8 Å². The molecule has 0 radical (unpaired) electrons. The summed E-state index contributed by atoms with van der Waals surface area (Å²) in [6.45, 7) is 12.0. The average molecular weight is 348 g/mol. The summed E-state index contributed by atoms with van der Waals surface area (Å²) in [6.07, 6.45) is 1.20. The summed E-state index contributed by atoms with van der Waals surface area (Å²) in [6, 6.07) is 6.13. The molecule has 0 aromatic heterocycles. The van der Waals surface area contributed by atoms with Crippen molar-refractivity contribution >= 4 is 5.96 Å². The molecule has 140 valence electrons. The molecule has 0 aliphatic carbocycles. The van der Waals surface area contributed by atoms with Crippen molar-refractivity contribution in [3.63, 3.8) is 0 Å². The number of hydrogen-bond acceptors (Lipinski definition) is 3. The number of likely N-dealkylation sites (tertiary alicyclic amines) is 1. The minimum Gasteiger partial charge on any atom is -0.493 e. The van der Waals surface area contributed by atoms with Gasteiger partial charge < -0.3 is 19.7 Å². The highest BCUT2D eigenvalue weighted by atomic mass is 16.5. The molecule has 1 aliphatic rings. The van der Waals surface area contributed by atoms with E-state index in [1.807, 2.05) is 13.1 Å². The Bertz CT molecular complexity index is 623. The molecule has 0 amide bonds. The zero-order valence-corrected chi connectivity index (χ0v) is 16.8. The topological polar surface area (TPSA) is 46.1 Å². The molecule has 0 bridgehead atoms. The number of rotatable bonds is 5. The first-order chi connectivity index (χ1) is 11.7. The standard InChI is InChI=1S/C20H33N3O2/c1-19(2)10-11-23(14-19)18(21-5)22-13-20(3,4)15-8-9-16(24-6)17(12-15)25-7/h8-9,12H,10-11,13-14H2,1-7H3,(H,21,22). The third kappa shape index (κ3) is 4.59. The molecule has 1 fully saturated rings. The number of nitrogens with one attached hydrogen (secondary N) is 1. The van der Waals surface area contributed by atoms with E-state index in [9.17, 15) is 0 Å². The Morgan fingerprint density at radius 3 is 2.44 bits per heavy atom. The molecular formula is C20H33N3O2. The van der Waals surface area contributed by atoms with Gasteiger partial charge >= 0.3 is 0 Å². The summed E-state index contributed by atoms with van der Waals surface area (Å²) in [5.74, 6) is 2.50. The molecule has 1 saturated heterocycles. The van der Waals surface area contributed by atoms with E-state index in [2.05, 4.69) is 55.0 Å². The molecule has 5 heteroatoms. The predicted octanol–water partition coefficient (Wildman–Crippen LogP) is 3.29. The van der Waals surface area contributed by atoms with Crippen LogP contribution in [-0.4, -0.2) is 51.8 Å². The van der Waals surface area contributed by atoms with Gasteiger partial charge in [0.1, 0.15) is 0 Å². The first-order valence-electron chi connectivity index (χ1n) is 8.90. The zero-order valence-electron chi connectivity index (χ0n) is 16.8. The molecule has 1 aliphatic heterocycles. The van der Waals surface area contributed by atoms with Crippen LogP contribution in [0.1, 0.15) is 39.7 Å². The van der Waals surface area contributed by atoms with Crippen LogP contribution in [0.5, 0.6) is 11.5 Å². The maximum atomic E-state index is 5.45. The first-order valence-corrected chi connectivity index (χ1v) is 8.90. The van der Waals surface area contributed by atoms with Crippen molar-refractivity contribution < 1.29 is 9.47 Å². The molecule has 0 spiro atoms. The molecule has 0 atom stereocenters. The van der Waals surface area contributed by atoms with Crippen molar-refractivity contribution in [2.24, 2.45) is 10.4 Å². The second kappa shape index (κ2) is 7.54. The maximum Gasteiger partial charge on any atom is 0.193 e. The van der Waals surface area contributed by atoms with Gasteiger partial charge in [0, 0.05) is 32.1 Å². The second-order valence-electron chi connectivity index (χ2n) is 8.19. The summed E-state index contributed by atoms with van der Waals surface area (Å²) in [5, 5.41) is 3.56. The Balaban J connectivity index is 2.08. The lowest BCUT2D eigenvalue weighted by atomic mass is 9.84. The van der Waals surface area contributed by atoms with E-state index in [4.69, 9.17) is 9.47 Å². The SMILES string of the molecule is CN=C(NCC(C)(C)c1ccc(OC)c(OC)c1)N1CCC(C)(C)C1. The summed E-state index contributed by atoms with van der Waals surface area (Å²) >= 11 is 0. The second-order valence-corrected chi connectivity index (χ2v) is 8.19. The number of guanidine groups is 1. The minimum atomic E-state index is -0.0647. The average Bonchev–Trinajstić information content (AvgIpc) is 2.94. The summed E-state index contributed by atoms with van der Waals surface area (Å²) in [5.41, 5.74) is 1.50. The normalized spacial score (nSPS) is 17.6. The molecule has 1 N–H and O–H groups in total. The molecule has 1 aromatic rings. The van der Waals surface area contributed by atoms with Crippen LogP contribution >= 0.6 is 0 Å². The van der Waals surface area contributed by atoms with Gasteiger partial charge in [-0.3, -0.25) is 4.99 Å². The highest BCUT2D eigenvalue weighted by Crippen LogP contribution is 2.33. The van der Waals surface area contributed by atoms with Gasteiger partial charge in [0.05, 0.1) is 14.2 Å². The highest BCUT2D eigenvalue weighted by molar-refractivity contribution is 5.80. The number of methoxy groups -OCH3 is 2. The Kier molecular flexibility index (Phi) is 5.86. The first kappa shape index (κ1) is 19.4. The van der Waals surface area contributed by atoms with Crippen LogP contribution in [0.15, 0.2) is 23.2 Å². The number of ether oxygens (including phenoxy) is 2. The predicted molar refractivity (Wildman–Crippen MR) is 104 cm³/mol. The third-order valence-electron chi connectivity index (χ3n) is 5.04. The van der Waals surface area contributed by atoms with Crippen molar-refractivity contribution in [1.29, 1.82) is 0 Å². The lowest BCUT2D eigenvalue weighted by molar-refractivity contribution is 0.352. The quantitative estimate of drug-likeness (QED) is 0.656. The van der Waals surface area contributed by atoms with Gasteiger partial charge in [-0.2, -0.15) is 0 Å². The maximum absolute atomic E-state index is 5.45. The van der Waals surface area contributed by atoms with E-state index < -0.39 is 0 Å². The smallest absolute Gasteiger partial charge is 0.193 e. The number of hydrogen-bond donors (Lipinski definition) is 1. The summed E-state index contributed by atoms with van der Waals surface area (Å²) < 4.78 is 10.8. The van der Waals surface area contributed by atoms with Crippen LogP contribution in [0.3, 0.4) is 0 Å². The van der Waals surface area contributed by atoms with E-state index in [0.29, 0.717) is 5.41 Å².